The highest BCUT2D eigenvalue weighted by Crippen LogP contribution is 2.43. The molecule has 3 atom stereocenters. The maximum absolute atomic E-state index is 12.6. The number of rotatable bonds is 48. The largest absolute Gasteiger partial charge is 0.480 e. The first kappa shape index (κ1) is 59.2. The number of carboxylic acid groups (broad SMARTS) is 1. The molecule has 1 unspecified atom stereocenters. The number of esters is 2. The van der Waals surface area contributed by atoms with Gasteiger partial charge in [0.25, 0.3) is 0 Å². The summed E-state index contributed by atoms with van der Waals surface area (Å²) in [5, 5.41) is 8.91. The molecule has 0 rings (SSSR count). The van der Waals surface area contributed by atoms with Crippen LogP contribution in [0.2, 0.25) is 0 Å². The van der Waals surface area contributed by atoms with E-state index in [0.717, 1.165) is 32.1 Å². The molecule has 0 aromatic heterocycles. The predicted molar refractivity (Wildman–Crippen MR) is 249 cm³/mol. The molecule has 0 radical (unpaired) electrons. The summed E-state index contributed by atoms with van der Waals surface area (Å²) in [6.45, 7) is 2.82. The highest BCUT2D eigenvalue weighted by Gasteiger charge is 2.28. The molecule has 4 N–H and O–H groups in total. The van der Waals surface area contributed by atoms with E-state index in [-0.39, 0.29) is 19.4 Å². The Balaban J connectivity index is 4.21. The zero-order chi connectivity index (χ0) is 44.9. The maximum Gasteiger partial charge on any atom is 0.472 e. The minimum Gasteiger partial charge on any atom is -0.480 e. The lowest BCUT2D eigenvalue weighted by molar-refractivity contribution is -0.161. The van der Waals surface area contributed by atoms with Gasteiger partial charge in [-0.2, -0.15) is 0 Å². The molecule has 0 saturated carbocycles. The number of ether oxygens (including phenoxy) is 2. The van der Waals surface area contributed by atoms with Crippen LogP contribution >= 0.6 is 7.82 Å². The summed E-state index contributed by atoms with van der Waals surface area (Å²) < 4.78 is 32.8. The molecule has 0 aromatic carbocycles. The second-order valence-corrected chi connectivity index (χ2v) is 18.8. The van der Waals surface area contributed by atoms with Gasteiger partial charge in [-0.15, -0.1) is 0 Å². The zero-order valence-corrected chi connectivity index (χ0v) is 40.2. The highest BCUT2D eigenvalue weighted by molar-refractivity contribution is 7.47. The number of nitrogens with two attached hydrogens (primary N) is 1. The lowest BCUT2D eigenvalue weighted by Gasteiger charge is -2.20. The van der Waals surface area contributed by atoms with E-state index in [1.54, 1.807) is 0 Å². The number of carbonyl (C=O) groups excluding carboxylic acids is 2. The van der Waals surface area contributed by atoms with Crippen LogP contribution in [-0.4, -0.2) is 59.9 Å². The number of unbranched alkanes of at least 4 members (excludes halogenated alkanes) is 32. The highest BCUT2D eigenvalue weighted by atomic mass is 31.2. The molecule has 0 bridgehead atoms. The second-order valence-electron chi connectivity index (χ2n) is 17.3. The van der Waals surface area contributed by atoms with E-state index in [0.29, 0.717) is 12.8 Å². The Morgan fingerprint density at radius 2 is 0.852 bits per heavy atom. The van der Waals surface area contributed by atoms with Crippen molar-refractivity contribution in [2.45, 2.75) is 264 Å². The summed E-state index contributed by atoms with van der Waals surface area (Å²) in [6, 6.07) is -1.52. The van der Waals surface area contributed by atoms with Crippen LogP contribution in [0, 0.1) is 0 Å². The smallest absolute Gasteiger partial charge is 0.472 e. The van der Waals surface area contributed by atoms with Gasteiger partial charge in [-0.1, -0.05) is 225 Å². The van der Waals surface area contributed by atoms with Crippen molar-refractivity contribution in [2.24, 2.45) is 5.73 Å². The number of carbonyl (C=O) groups is 3. The van der Waals surface area contributed by atoms with E-state index < -0.39 is 51.1 Å². The first-order valence-electron chi connectivity index (χ1n) is 25.2. The molecule has 360 valence electrons. The third kappa shape index (κ3) is 44.6. The fourth-order valence-corrected chi connectivity index (χ4v) is 8.10. The van der Waals surface area contributed by atoms with E-state index in [4.69, 9.17) is 24.8 Å². The van der Waals surface area contributed by atoms with Gasteiger partial charge in [0.1, 0.15) is 12.6 Å². The van der Waals surface area contributed by atoms with Crippen molar-refractivity contribution in [2.75, 3.05) is 19.8 Å². The minimum atomic E-state index is -4.72. The summed E-state index contributed by atoms with van der Waals surface area (Å²) in [5.41, 5.74) is 5.34. The molecule has 0 amide bonds. The van der Waals surface area contributed by atoms with Gasteiger partial charge in [0.15, 0.2) is 6.10 Å². The Labute approximate surface area is 373 Å². The molecule has 0 aliphatic rings. The third-order valence-corrected chi connectivity index (χ3v) is 12.2. The summed E-state index contributed by atoms with van der Waals surface area (Å²) in [6.07, 6.45) is 47.2. The number of phosphoric ester groups is 1. The molecule has 0 heterocycles. The van der Waals surface area contributed by atoms with Gasteiger partial charge < -0.3 is 25.2 Å². The molecule has 0 fully saturated rings. The normalized spacial score (nSPS) is 13.6. The van der Waals surface area contributed by atoms with Crippen LogP contribution in [0.4, 0.5) is 0 Å². The molecule has 0 aromatic rings. The third-order valence-electron chi connectivity index (χ3n) is 11.3. The topological polar surface area (TPSA) is 172 Å². The van der Waals surface area contributed by atoms with Gasteiger partial charge in [-0.05, 0) is 25.7 Å². The molecular formula is C49H94NO10P. The maximum atomic E-state index is 12.6. The van der Waals surface area contributed by atoms with E-state index in [1.165, 1.54) is 180 Å². The quantitative estimate of drug-likeness (QED) is 0.0230. The first-order valence-corrected chi connectivity index (χ1v) is 26.7. The van der Waals surface area contributed by atoms with Gasteiger partial charge in [0.2, 0.25) is 0 Å². The van der Waals surface area contributed by atoms with Crippen LogP contribution in [0.3, 0.4) is 0 Å². The van der Waals surface area contributed by atoms with Crippen molar-refractivity contribution in [1.82, 2.24) is 0 Å². The number of hydrogen-bond acceptors (Lipinski definition) is 9. The van der Waals surface area contributed by atoms with E-state index in [2.05, 4.69) is 24.4 Å². The van der Waals surface area contributed by atoms with E-state index in [1.807, 2.05) is 6.08 Å². The van der Waals surface area contributed by atoms with Crippen molar-refractivity contribution in [3.05, 3.63) is 12.2 Å². The van der Waals surface area contributed by atoms with Crippen LogP contribution < -0.4 is 5.73 Å². The average Bonchev–Trinajstić information content (AvgIpc) is 3.24. The lowest BCUT2D eigenvalue weighted by Crippen LogP contribution is -2.34. The number of aliphatic carboxylic acids is 1. The molecule has 0 spiro atoms. The van der Waals surface area contributed by atoms with Crippen LogP contribution in [-0.2, 0) is 37.5 Å². The van der Waals surface area contributed by atoms with Crippen molar-refractivity contribution in [1.29, 1.82) is 0 Å². The number of hydrogen-bond donors (Lipinski definition) is 3. The summed E-state index contributed by atoms with van der Waals surface area (Å²) >= 11 is 0. The van der Waals surface area contributed by atoms with Crippen LogP contribution in [0.5, 0.6) is 0 Å². The fraction of sp³-hybridized carbons (Fsp3) is 0.898. The van der Waals surface area contributed by atoms with Crippen molar-refractivity contribution in [3.8, 4) is 0 Å². The standard InChI is InChI=1S/C49H94NO10P/c1-3-5-7-9-11-13-15-17-19-20-21-22-23-24-25-27-28-30-32-34-36-38-40-47(51)57-42-45(43-58-61(55,56)59-44-46(50)49(53)54)60-48(52)41-39-37-35-33-31-29-26-18-16-14-12-10-8-6-4-2/h35,37,45-46H,3-34,36,38-44,50H2,1-2H3,(H,53,54)(H,55,56)/b37-35+/t45-,46+/m0/s1. The number of allylic oxidation sites excluding steroid dienone is 2. The molecular weight excluding hydrogens is 794 g/mol. The average molecular weight is 888 g/mol. The molecule has 11 nitrogen and oxygen atoms in total. The SMILES string of the molecule is CCCCCCCCCCCCC/C=C/CCC(=O)O[C@@H](COC(=O)CCCCCCCCCCCCCCCCCCCCCCCC)COP(=O)(O)OC[C@@H](N)C(=O)O. The Morgan fingerprint density at radius 1 is 0.492 bits per heavy atom. The molecule has 0 saturated heterocycles. The Hall–Kier alpha value is -1.78. The van der Waals surface area contributed by atoms with Gasteiger partial charge in [0, 0.05) is 12.8 Å². The molecule has 61 heavy (non-hydrogen) atoms. The molecule has 12 heteroatoms. The number of phosphoric acid groups is 1. The Bertz CT molecular complexity index is 1090. The van der Waals surface area contributed by atoms with Crippen molar-refractivity contribution >= 4 is 25.7 Å². The van der Waals surface area contributed by atoms with E-state index in [9.17, 15) is 23.8 Å². The summed E-state index contributed by atoms with van der Waals surface area (Å²) in [5.74, 6) is -2.42. The lowest BCUT2D eigenvalue weighted by atomic mass is 10.0. The monoisotopic (exact) mass is 888 g/mol. The van der Waals surface area contributed by atoms with Gasteiger partial charge in [0.05, 0.1) is 13.2 Å². The van der Waals surface area contributed by atoms with Crippen LogP contribution in [0.15, 0.2) is 12.2 Å². The summed E-state index contributed by atoms with van der Waals surface area (Å²) in [7, 11) is -4.72. The van der Waals surface area contributed by atoms with Crippen molar-refractivity contribution < 1.29 is 47.5 Å². The predicted octanol–water partition coefficient (Wildman–Crippen LogP) is 14.0. The van der Waals surface area contributed by atoms with Crippen LogP contribution in [0.25, 0.3) is 0 Å². The Morgan fingerprint density at radius 3 is 1.26 bits per heavy atom. The molecule has 0 aliphatic carbocycles. The van der Waals surface area contributed by atoms with Crippen LogP contribution in [0.1, 0.15) is 251 Å². The zero-order valence-electron chi connectivity index (χ0n) is 39.3. The minimum absolute atomic E-state index is 0.0828. The first-order chi connectivity index (χ1) is 29.6. The fourth-order valence-electron chi connectivity index (χ4n) is 7.32. The van der Waals surface area contributed by atoms with E-state index >= 15 is 0 Å². The Kier molecular flexibility index (Phi) is 43.5. The summed E-state index contributed by atoms with van der Waals surface area (Å²) in [4.78, 5) is 46.1. The molecule has 0 aliphatic heterocycles. The van der Waals surface area contributed by atoms with Gasteiger partial charge in [-0.25, -0.2) is 4.57 Å². The number of carboxylic acids is 1. The van der Waals surface area contributed by atoms with Gasteiger partial charge >= 0.3 is 25.7 Å². The second kappa shape index (κ2) is 44.8. The van der Waals surface area contributed by atoms with Gasteiger partial charge in [-0.3, -0.25) is 23.4 Å². The van der Waals surface area contributed by atoms with Crippen molar-refractivity contribution in [3.63, 3.8) is 0 Å².